The second-order valence-electron chi connectivity index (χ2n) is 5.92. The number of carbonyl (C=O) groups excluding carboxylic acids is 1. The van der Waals surface area contributed by atoms with Crippen molar-refractivity contribution < 1.29 is 4.79 Å². The molecule has 1 aliphatic rings. The van der Waals surface area contributed by atoms with Crippen molar-refractivity contribution in [2.24, 2.45) is 5.92 Å². The molecule has 1 aromatic rings. The van der Waals surface area contributed by atoms with Crippen LogP contribution in [0.1, 0.15) is 62.8 Å². The Balaban J connectivity index is 2.17. The van der Waals surface area contributed by atoms with E-state index in [1.807, 2.05) is 20.8 Å². The average Bonchev–Trinajstić information content (AvgIpc) is 2.37. The summed E-state index contributed by atoms with van der Waals surface area (Å²) in [5.41, 5.74) is 1.17. The molecule has 2 N–H and O–H groups in total. The van der Waals surface area contributed by atoms with Gasteiger partial charge in [-0.1, -0.05) is 20.8 Å². The van der Waals surface area contributed by atoms with Crippen molar-refractivity contribution in [3.05, 3.63) is 17.7 Å². The van der Waals surface area contributed by atoms with Crippen molar-refractivity contribution in [3.63, 3.8) is 0 Å². The van der Waals surface area contributed by atoms with Gasteiger partial charge < -0.3 is 10.6 Å². The molecule has 1 saturated carbocycles. The predicted molar refractivity (Wildman–Crippen MR) is 79.9 cm³/mol. The third-order valence-corrected chi connectivity index (χ3v) is 3.62. The highest BCUT2D eigenvalue weighted by Gasteiger charge is 2.28. The molecule has 1 heterocycles. The Labute approximate surface area is 120 Å². The minimum atomic E-state index is -0.0952. The summed E-state index contributed by atoms with van der Waals surface area (Å²) in [7, 11) is 0. The summed E-state index contributed by atoms with van der Waals surface area (Å²) >= 11 is 0. The largest absolute Gasteiger partial charge is 0.382 e. The van der Waals surface area contributed by atoms with Crippen molar-refractivity contribution in [1.29, 1.82) is 0 Å². The first-order valence-electron chi connectivity index (χ1n) is 7.42. The lowest BCUT2D eigenvalue weighted by Crippen LogP contribution is -2.43. The maximum atomic E-state index is 12.4. The average molecular weight is 276 g/mol. The standard InChI is InChI=1S/C15H24N4O/c1-5-16-12-8-17-14(9(2)3)19-13(12)15(20)18-11-6-10(4)7-11/h8-11,16H,5-7H2,1-4H3,(H,18,20). The fourth-order valence-corrected chi connectivity index (χ4v) is 2.44. The normalized spacial score (nSPS) is 21.4. The van der Waals surface area contributed by atoms with Crippen LogP contribution in [-0.2, 0) is 0 Å². The highest BCUT2D eigenvalue weighted by Crippen LogP contribution is 2.27. The fraction of sp³-hybridized carbons (Fsp3) is 0.667. The van der Waals surface area contributed by atoms with Crippen molar-refractivity contribution in [2.45, 2.75) is 52.5 Å². The zero-order valence-electron chi connectivity index (χ0n) is 12.7. The number of rotatable bonds is 5. The first-order chi connectivity index (χ1) is 9.51. The van der Waals surface area contributed by atoms with E-state index in [0.717, 1.165) is 19.4 Å². The molecule has 0 spiro atoms. The first kappa shape index (κ1) is 14.8. The number of nitrogens with zero attached hydrogens (tertiary/aromatic N) is 2. The molecule has 0 unspecified atom stereocenters. The van der Waals surface area contributed by atoms with Crippen molar-refractivity contribution >= 4 is 11.6 Å². The maximum Gasteiger partial charge on any atom is 0.272 e. The van der Waals surface area contributed by atoms with Gasteiger partial charge in [0.25, 0.3) is 5.91 Å². The second kappa shape index (κ2) is 6.20. The van der Waals surface area contributed by atoms with Gasteiger partial charge in [0.05, 0.1) is 11.9 Å². The molecule has 1 amide bonds. The Hall–Kier alpha value is -1.65. The van der Waals surface area contributed by atoms with Gasteiger partial charge in [0.1, 0.15) is 5.82 Å². The third-order valence-electron chi connectivity index (χ3n) is 3.62. The molecule has 0 atom stereocenters. The Bertz CT molecular complexity index is 481. The number of hydrogen-bond acceptors (Lipinski definition) is 4. The predicted octanol–water partition coefficient (Wildman–Crippen LogP) is 2.56. The molecule has 0 radical (unpaired) electrons. The summed E-state index contributed by atoms with van der Waals surface area (Å²) in [5.74, 6) is 1.53. The van der Waals surface area contributed by atoms with Gasteiger partial charge in [0.2, 0.25) is 0 Å². The summed E-state index contributed by atoms with van der Waals surface area (Å²) in [6, 6.07) is 0.296. The van der Waals surface area contributed by atoms with Crippen LogP contribution < -0.4 is 10.6 Å². The Morgan fingerprint density at radius 2 is 2.15 bits per heavy atom. The van der Waals surface area contributed by atoms with Crippen LogP contribution in [0.3, 0.4) is 0 Å². The highest BCUT2D eigenvalue weighted by molar-refractivity contribution is 5.97. The number of aromatic nitrogens is 2. The Morgan fingerprint density at radius 3 is 2.70 bits per heavy atom. The summed E-state index contributed by atoms with van der Waals surface area (Å²) in [6.07, 6.45) is 3.83. The van der Waals surface area contributed by atoms with Crippen molar-refractivity contribution in [1.82, 2.24) is 15.3 Å². The topological polar surface area (TPSA) is 66.9 Å². The van der Waals surface area contributed by atoms with Gasteiger partial charge in [-0.15, -0.1) is 0 Å². The molecule has 0 saturated heterocycles. The molecule has 2 rings (SSSR count). The van der Waals surface area contributed by atoms with E-state index in [0.29, 0.717) is 29.2 Å². The second-order valence-corrected chi connectivity index (χ2v) is 5.92. The molecule has 5 heteroatoms. The molecular formula is C15H24N4O. The molecule has 1 fully saturated rings. The van der Waals surface area contributed by atoms with Gasteiger partial charge in [-0.3, -0.25) is 4.79 Å². The molecule has 110 valence electrons. The zero-order valence-corrected chi connectivity index (χ0v) is 12.7. The third kappa shape index (κ3) is 3.26. The quantitative estimate of drug-likeness (QED) is 0.867. The number of anilines is 1. The number of hydrogen-bond donors (Lipinski definition) is 2. The van der Waals surface area contributed by atoms with Crippen LogP contribution in [0.2, 0.25) is 0 Å². The molecule has 20 heavy (non-hydrogen) atoms. The first-order valence-corrected chi connectivity index (χ1v) is 7.42. The summed E-state index contributed by atoms with van der Waals surface area (Å²) in [5, 5.41) is 6.21. The van der Waals surface area contributed by atoms with E-state index in [1.165, 1.54) is 0 Å². The van der Waals surface area contributed by atoms with Crippen LogP contribution in [0.15, 0.2) is 6.20 Å². The van der Waals surface area contributed by atoms with Crippen LogP contribution in [0.5, 0.6) is 0 Å². The van der Waals surface area contributed by atoms with Gasteiger partial charge in [-0.25, -0.2) is 9.97 Å². The highest BCUT2D eigenvalue weighted by atomic mass is 16.2. The van der Waals surface area contributed by atoms with E-state index in [4.69, 9.17) is 0 Å². The summed E-state index contributed by atoms with van der Waals surface area (Å²) < 4.78 is 0. The molecule has 5 nitrogen and oxygen atoms in total. The van der Waals surface area contributed by atoms with Crippen LogP contribution >= 0.6 is 0 Å². The van der Waals surface area contributed by atoms with E-state index >= 15 is 0 Å². The Kier molecular flexibility index (Phi) is 4.57. The molecule has 0 aromatic carbocycles. The lowest BCUT2D eigenvalue weighted by atomic mass is 9.82. The van der Waals surface area contributed by atoms with E-state index in [2.05, 4.69) is 27.5 Å². The number of nitrogens with one attached hydrogen (secondary N) is 2. The monoisotopic (exact) mass is 276 g/mol. The van der Waals surface area contributed by atoms with E-state index in [-0.39, 0.29) is 11.8 Å². The van der Waals surface area contributed by atoms with Crippen LogP contribution in [0, 0.1) is 5.92 Å². The van der Waals surface area contributed by atoms with Crippen LogP contribution in [0.25, 0.3) is 0 Å². The van der Waals surface area contributed by atoms with E-state index in [1.54, 1.807) is 6.20 Å². The number of amides is 1. The van der Waals surface area contributed by atoms with Crippen molar-refractivity contribution in [2.75, 3.05) is 11.9 Å². The minimum Gasteiger partial charge on any atom is -0.382 e. The van der Waals surface area contributed by atoms with E-state index in [9.17, 15) is 4.79 Å². The summed E-state index contributed by atoms with van der Waals surface area (Å²) in [4.78, 5) is 21.1. The molecular weight excluding hydrogens is 252 g/mol. The molecule has 0 aliphatic heterocycles. The van der Waals surface area contributed by atoms with Gasteiger partial charge in [0, 0.05) is 18.5 Å². The van der Waals surface area contributed by atoms with E-state index < -0.39 is 0 Å². The lowest BCUT2D eigenvalue weighted by Gasteiger charge is -2.33. The van der Waals surface area contributed by atoms with Gasteiger partial charge in [-0.05, 0) is 25.7 Å². The number of carbonyl (C=O) groups is 1. The lowest BCUT2D eigenvalue weighted by molar-refractivity contribution is 0.0891. The van der Waals surface area contributed by atoms with Crippen LogP contribution in [-0.4, -0.2) is 28.5 Å². The van der Waals surface area contributed by atoms with Gasteiger partial charge >= 0.3 is 0 Å². The zero-order chi connectivity index (χ0) is 14.7. The van der Waals surface area contributed by atoms with Gasteiger partial charge in [0.15, 0.2) is 5.69 Å². The summed E-state index contributed by atoms with van der Waals surface area (Å²) in [6.45, 7) is 8.99. The molecule has 1 aromatic heterocycles. The van der Waals surface area contributed by atoms with Crippen LogP contribution in [0.4, 0.5) is 5.69 Å². The smallest absolute Gasteiger partial charge is 0.272 e. The van der Waals surface area contributed by atoms with Crippen molar-refractivity contribution in [3.8, 4) is 0 Å². The fourth-order valence-electron chi connectivity index (χ4n) is 2.44. The Morgan fingerprint density at radius 1 is 1.45 bits per heavy atom. The minimum absolute atomic E-state index is 0.0952. The van der Waals surface area contributed by atoms with Gasteiger partial charge in [-0.2, -0.15) is 0 Å². The molecule has 1 aliphatic carbocycles. The maximum absolute atomic E-state index is 12.4. The molecule has 0 bridgehead atoms. The SMILES string of the molecule is CCNc1cnc(C(C)C)nc1C(=O)NC1CC(C)C1.